The molecule has 8 heteroatoms. The van der Waals surface area contributed by atoms with E-state index in [9.17, 15) is 9.59 Å². The van der Waals surface area contributed by atoms with Crippen LogP contribution in [0.3, 0.4) is 0 Å². The molecule has 0 aromatic heterocycles. The number of hydrogen-bond donors (Lipinski definition) is 0. The van der Waals surface area contributed by atoms with Crippen molar-refractivity contribution in [3.8, 4) is 11.8 Å². The van der Waals surface area contributed by atoms with E-state index in [0.29, 0.717) is 38.5 Å². The van der Waals surface area contributed by atoms with Crippen LogP contribution in [-0.4, -0.2) is 78.7 Å². The SMILES string of the molecule is CCN(C[C@@H](C)C#N)C(=O)CN1CCN(C(=O)OC(C)(C)C)C[C@@H]1c1ccccc1OC. The first kappa shape index (κ1) is 25.5. The van der Waals surface area contributed by atoms with Gasteiger partial charge in [-0.25, -0.2) is 4.79 Å². The van der Waals surface area contributed by atoms with Gasteiger partial charge in [-0.3, -0.25) is 9.69 Å². The maximum atomic E-state index is 13.1. The van der Waals surface area contributed by atoms with Crippen LogP contribution >= 0.6 is 0 Å². The Kier molecular flexibility index (Phi) is 8.90. The molecule has 0 radical (unpaired) electrons. The van der Waals surface area contributed by atoms with E-state index >= 15 is 0 Å². The minimum absolute atomic E-state index is 0.0276. The molecule has 1 aromatic rings. The second-order valence-electron chi connectivity index (χ2n) is 9.12. The van der Waals surface area contributed by atoms with Crippen LogP contribution in [0, 0.1) is 17.2 Å². The van der Waals surface area contributed by atoms with Crippen molar-refractivity contribution in [3.05, 3.63) is 29.8 Å². The highest BCUT2D eigenvalue weighted by molar-refractivity contribution is 5.78. The number of hydrogen-bond acceptors (Lipinski definition) is 6. The van der Waals surface area contributed by atoms with Gasteiger partial charge in [-0.2, -0.15) is 5.26 Å². The molecule has 8 nitrogen and oxygen atoms in total. The molecule has 1 aromatic carbocycles. The molecule has 2 amide bonds. The third-order valence-electron chi connectivity index (χ3n) is 5.43. The Balaban J connectivity index is 2.26. The van der Waals surface area contributed by atoms with E-state index in [-0.39, 0.29) is 30.5 Å². The summed E-state index contributed by atoms with van der Waals surface area (Å²) in [7, 11) is 1.62. The first-order chi connectivity index (χ1) is 15.1. The molecule has 1 saturated heterocycles. The fourth-order valence-corrected chi connectivity index (χ4v) is 3.79. The average molecular weight is 445 g/mol. The maximum absolute atomic E-state index is 13.1. The van der Waals surface area contributed by atoms with Crippen molar-refractivity contribution in [1.29, 1.82) is 5.26 Å². The van der Waals surface area contributed by atoms with Crippen LogP contribution in [0.5, 0.6) is 5.75 Å². The van der Waals surface area contributed by atoms with Crippen molar-refractivity contribution in [2.45, 2.75) is 46.3 Å². The molecular weight excluding hydrogens is 408 g/mol. The average Bonchev–Trinajstić information content (AvgIpc) is 2.76. The zero-order chi connectivity index (χ0) is 23.9. The fraction of sp³-hybridized carbons (Fsp3) is 0.625. The Morgan fingerprint density at radius 3 is 2.56 bits per heavy atom. The normalized spacial score (nSPS) is 17.9. The van der Waals surface area contributed by atoms with E-state index in [2.05, 4.69) is 11.0 Å². The van der Waals surface area contributed by atoms with Crippen LogP contribution < -0.4 is 4.74 Å². The van der Waals surface area contributed by atoms with Gasteiger partial charge >= 0.3 is 6.09 Å². The van der Waals surface area contributed by atoms with Gasteiger partial charge in [0.15, 0.2) is 0 Å². The minimum Gasteiger partial charge on any atom is -0.496 e. The molecule has 2 atom stereocenters. The summed E-state index contributed by atoms with van der Waals surface area (Å²) < 4.78 is 11.1. The standard InChI is InChI=1S/C24H36N4O4/c1-7-26(15-18(2)14-25)22(29)17-27-12-13-28(23(30)32-24(3,4)5)16-20(27)19-10-8-9-11-21(19)31-6/h8-11,18,20H,7,12-13,15-17H2,1-6H3/t18-,20+/m0/s1. The van der Waals surface area contributed by atoms with Gasteiger partial charge in [0.05, 0.1) is 31.7 Å². The number of ether oxygens (including phenoxy) is 2. The van der Waals surface area contributed by atoms with Crippen molar-refractivity contribution in [1.82, 2.24) is 14.7 Å². The van der Waals surface area contributed by atoms with Crippen molar-refractivity contribution in [2.75, 3.05) is 46.4 Å². The lowest BCUT2D eigenvalue weighted by molar-refractivity contribution is -0.133. The third-order valence-corrected chi connectivity index (χ3v) is 5.43. The lowest BCUT2D eigenvalue weighted by atomic mass is 10.0. The van der Waals surface area contributed by atoms with E-state index in [1.165, 1.54) is 0 Å². The van der Waals surface area contributed by atoms with Gasteiger partial charge in [0.25, 0.3) is 0 Å². The number of methoxy groups -OCH3 is 1. The van der Waals surface area contributed by atoms with Gasteiger partial charge in [0, 0.05) is 38.3 Å². The smallest absolute Gasteiger partial charge is 0.410 e. The van der Waals surface area contributed by atoms with Gasteiger partial charge in [-0.15, -0.1) is 0 Å². The van der Waals surface area contributed by atoms with E-state index in [4.69, 9.17) is 14.7 Å². The predicted molar refractivity (Wildman–Crippen MR) is 122 cm³/mol. The summed E-state index contributed by atoms with van der Waals surface area (Å²) in [5.74, 6) is 0.458. The molecule has 2 rings (SSSR count). The lowest BCUT2D eigenvalue weighted by Gasteiger charge is -2.42. The van der Waals surface area contributed by atoms with E-state index < -0.39 is 5.60 Å². The van der Waals surface area contributed by atoms with Gasteiger partial charge in [-0.1, -0.05) is 18.2 Å². The lowest BCUT2D eigenvalue weighted by Crippen LogP contribution is -2.54. The van der Waals surface area contributed by atoms with Crippen molar-refractivity contribution < 1.29 is 19.1 Å². The topological polar surface area (TPSA) is 86.1 Å². The summed E-state index contributed by atoms with van der Waals surface area (Å²) in [6.07, 6.45) is -0.360. The van der Waals surface area contributed by atoms with Gasteiger partial charge in [0.1, 0.15) is 11.4 Å². The predicted octanol–water partition coefficient (Wildman–Crippen LogP) is 3.30. The first-order valence-electron chi connectivity index (χ1n) is 11.1. The largest absolute Gasteiger partial charge is 0.496 e. The number of rotatable bonds is 7. The van der Waals surface area contributed by atoms with Crippen LogP contribution in [0.25, 0.3) is 0 Å². The Hall–Kier alpha value is -2.79. The number of likely N-dealkylation sites (N-methyl/N-ethyl adjacent to an activating group) is 1. The van der Waals surface area contributed by atoms with Crippen LogP contribution in [0.4, 0.5) is 4.79 Å². The Morgan fingerprint density at radius 2 is 1.97 bits per heavy atom. The molecule has 176 valence electrons. The summed E-state index contributed by atoms with van der Waals surface area (Å²) in [5.41, 5.74) is 0.341. The Morgan fingerprint density at radius 1 is 1.28 bits per heavy atom. The summed E-state index contributed by atoms with van der Waals surface area (Å²) in [5, 5.41) is 9.13. The molecule has 0 unspecified atom stereocenters. The van der Waals surface area contributed by atoms with Crippen LogP contribution in [-0.2, 0) is 9.53 Å². The molecular formula is C24H36N4O4. The molecule has 0 bridgehead atoms. The highest BCUT2D eigenvalue weighted by Crippen LogP contribution is 2.32. The summed E-state index contributed by atoms with van der Waals surface area (Å²) in [6, 6.07) is 9.65. The third kappa shape index (κ3) is 6.86. The monoisotopic (exact) mass is 444 g/mol. The molecule has 0 aliphatic carbocycles. The van der Waals surface area contributed by atoms with Crippen LogP contribution in [0.1, 0.15) is 46.2 Å². The minimum atomic E-state index is -0.580. The second-order valence-corrected chi connectivity index (χ2v) is 9.12. The summed E-state index contributed by atoms with van der Waals surface area (Å²) in [4.78, 5) is 31.3. The van der Waals surface area contributed by atoms with E-state index in [1.54, 1.807) is 16.9 Å². The number of piperazine rings is 1. The zero-order valence-corrected chi connectivity index (χ0v) is 20.1. The highest BCUT2D eigenvalue weighted by Gasteiger charge is 2.35. The van der Waals surface area contributed by atoms with Gasteiger partial charge in [-0.05, 0) is 40.7 Å². The van der Waals surface area contributed by atoms with Crippen molar-refractivity contribution in [2.24, 2.45) is 5.92 Å². The molecule has 32 heavy (non-hydrogen) atoms. The first-order valence-corrected chi connectivity index (χ1v) is 11.1. The van der Waals surface area contributed by atoms with Gasteiger partial charge in [0.2, 0.25) is 5.91 Å². The second kappa shape index (κ2) is 11.2. The van der Waals surface area contributed by atoms with E-state index in [0.717, 1.165) is 5.56 Å². The zero-order valence-electron chi connectivity index (χ0n) is 20.1. The van der Waals surface area contributed by atoms with Crippen LogP contribution in [0.2, 0.25) is 0 Å². The van der Waals surface area contributed by atoms with Crippen LogP contribution in [0.15, 0.2) is 24.3 Å². The number of amides is 2. The number of carbonyl (C=O) groups is 2. The fourth-order valence-electron chi connectivity index (χ4n) is 3.79. The number of carbonyl (C=O) groups excluding carboxylic acids is 2. The van der Waals surface area contributed by atoms with Gasteiger partial charge < -0.3 is 19.3 Å². The Labute approximate surface area is 191 Å². The molecule has 0 N–H and O–H groups in total. The van der Waals surface area contributed by atoms with Crippen molar-refractivity contribution >= 4 is 12.0 Å². The molecule has 0 saturated carbocycles. The molecule has 1 heterocycles. The highest BCUT2D eigenvalue weighted by atomic mass is 16.6. The maximum Gasteiger partial charge on any atom is 0.410 e. The molecule has 0 spiro atoms. The summed E-state index contributed by atoms with van der Waals surface area (Å²) >= 11 is 0. The summed E-state index contributed by atoms with van der Waals surface area (Å²) in [6.45, 7) is 11.8. The number of para-hydroxylation sites is 1. The van der Waals surface area contributed by atoms with Crippen molar-refractivity contribution in [3.63, 3.8) is 0 Å². The molecule has 1 aliphatic heterocycles. The molecule has 1 aliphatic rings. The van der Waals surface area contributed by atoms with E-state index in [1.807, 2.05) is 58.9 Å². The quantitative estimate of drug-likeness (QED) is 0.641. The number of nitrogens with zero attached hydrogens (tertiary/aromatic N) is 4. The number of benzene rings is 1. The number of nitriles is 1. The Bertz CT molecular complexity index is 830. The molecule has 1 fully saturated rings.